The second-order valence-corrected chi connectivity index (χ2v) is 10.3. The molecule has 1 aliphatic carbocycles. The third kappa shape index (κ3) is 5.01. The van der Waals surface area contributed by atoms with Gasteiger partial charge in [-0.15, -0.1) is 0 Å². The molecule has 3 aromatic heterocycles. The van der Waals surface area contributed by atoms with Gasteiger partial charge in [0.05, 0.1) is 11.4 Å². The summed E-state index contributed by atoms with van der Waals surface area (Å²) in [6, 6.07) is 13.4. The number of piperazine rings is 1. The molecule has 1 saturated carbocycles. The van der Waals surface area contributed by atoms with Gasteiger partial charge >= 0.3 is 0 Å². The molecule has 0 unspecified atom stereocenters. The summed E-state index contributed by atoms with van der Waals surface area (Å²) in [5, 5.41) is 9.40. The molecule has 6 rings (SSSR count). The molecule has 2 aliphatic rings. The van der Waals surface area contributed by atoms with Gasteiger partial charge in [0.15, 0.2) is 5.65 Å². The van der Waals surface area contributed by atoms with E-state index in [1.54, 1.807) is 12.5 Å². The molecule has 9 nitrogen and oxygen atoms in total. The van der Waals surface area contributed by atoms with Crippen LogP contribution in [0.2, 0.25) is 0 Å². The molecular formula is C28H35N9. The van der Waals surface area contributed by atoms with Crippen molar-refractivity contribution < 1.29 is 0 Å². The quantitative estimate of drug-likeness (QED) is 0.415. The summed E-state index contributed by atoms with van der Waals surface area (Å²) >= 11 is 0. The van der Waals surface area contributed by atoms with Gasteiger partial charge in [-0.1, -0.05) is 18.2 Å². The Morgan fingerprint density at radius 1 is 0.946 bits per heavy atom. The molecule has 3 N–H and O–H groups in total. The number of nitrogens with two attached hydrogens (primary N) is 1. The lowest BCUT2D eigenvalue weighted by atomic mass is 9.90. The summed E-state index contributed by atoms with van der Waals surface area (Å²) in [6.45, 7) is 5.42. The number of benzene rings is 1. The van der Waals surface area contributed by atoms with E-state index in [-0.39, 0.29) is 0 Å². The van der Waals surface area contributed by atoms with Gasteiger partial charge < -0.3 is 16.0 Å². The predicted octanol–water partition coefficient (Wildman–Crippen LogP) is 3.81. The van der Waals surface area contributed by atoms with Crippen molar-refractivity contribution in [2.24, 2.45) is 0 Å². The van der Waals surface area contributed by atoms with Gasteiger partial charge in [-0.05, 0) is 56.5 Å². The SMILES string of the molecule is CN1CCN([C@H]2CC[C@@H](n3nc(-c4ccc(NCc5cccnc5)cc4)c4c(N)ncnc43)CC2)CC1. The Hall–Kier alpha value is -3.56. The normalized spacial score (nSPS) is 21.3. The van der Waals surface area contributed by atoms with Gasteiger partial charge in [-0.2, -0.15) is 5.10 Å². The fraction of sp³-hybridized carbons (Fsp3) is 0.429. The molecule has 37 heavy (non-hydrogen) atoms. The molecule has 0 atom stereocenters. The molecular weight excluding hydrogens is 462 g/mol. The number of hydrogen-bond acceptors (Lipinski definition) is 8. The maximum atomic E-state index is 6.38. The Bertz CT molecular complexity index is 1320. The van der Waals surface area contributed by atoms with Crippen LogP contribution in [0.4, 0.5) is 11.5 Å². The van der Waals surface area contributed by atoms with Crippen molar-refractivity contribution >= 4 is 22.5 Å². The van der Waals surface area contributed by atoms with E-state index < -0.39 is 0 Å². The van der Waals surface area contributed by atoms with Gasteiger partial charge in [0.1, 0.15) is 17.8 Å². The second kappa shape index (κ2) is 10.4. The molecule has 192 valence electrons. The van der Waals surface area contributed by atoms with Crippen LogP contribution in [-0.4, -0.2) is 73.8 Å². The van der Waals surface area contributed by atoms with Crippen molar-refractivity contribution in [3.8, 4) is 11.3 Å². The molecule has 1 aromatic carbocycles. The van der Waals surface area contributed by atoms with Crippen LogP contribution in [0.15, 0.2) is 55.1 Å². The van der Waals surface area contributed by atoms with Crippen molar-refractivity contribution in [2.45, 2.75) is 44.3 Å². The minimum Gasteiger partial charge on any atom is -0.383 e. The first kappa shape index (κ1) is 23.8. The second-order valence-electron chi connectivity index (χ2n) is 10.3. The number of nitrogens with one attached hydrogen (secondary N) is 1. The summed E-state index contributed by atoms with van der Waals surface area (Å²) in [5.41, 5.74) is 11.3. The zero-order valence-corrected chi connectivity index (χ0v) is 21.4. The van der Waals surface area contributed by atoms with E-state index in [9.17, 15) is 0 Å². The summed E-state index contributed by atoms with van der Waals surface area (Å²) in [4.78, 5) is 18.2. The highest BCUT2D eigenvalue weighted by Crippen LogP contribution is 2.37. The van der Waals surface area contributed by atoms with Crippen LogP contribution in [-0.2, 0) is 6.54 Å². The molecule has 9 heteroatoms. The van der Waals surface area contributed by atoms with Crippen molar-refractivity contribution in [3.63, 3.8) is 0 Å². The van der Waals surface area contributed by atoms with Gasteiger partial charge in [-0.3, -0.25) is 9.88 Å². The number of aromatic nitrogens is 5. The first-order valence-corrected chi connectivity index (χ1v) is 13.3. The van der Waals surface area contributed by atoms with E-state index in [1.165, 1.54) is 39.0 Å². The van der Waals surface area contributed by atoms with Crippen LogP contribution in [0, 0.1) is 0 Å². The van der Waals surface area contributed by atoms with Crippen LogP contribution in [0.5, 0.6) is 0 Å². The summed E-state index contributed by atoms with van der Waals surface area (Å²) in [7, 11) is 2.22. The lowest BCUT2D eigenvalue weighted by Crippen LogP contribution is -2.49. The molecule has 0 bridgehead atoms. The summed E-state index contributed by atoms with van der Waals surface area (Å²) < 4.78 is 2.12. The molecule has 1 saturated heterocycles. The van der Waals surface area contributed by atoms with Crippen molar-refractivity contribution in [3.05, 3.63) is 60.7 Å². The van der Waals surface area contributed by atoms with E-state index in [2.05, 4.69) is 72.1 Å². The molecule has 4 heterocycles. The zero-order valence-electron chi connectivity index (χ0n) is 21.4. The van der Waals surface area contributed by atoms with Crippen LogP contribution < -0.4 is 11.1 Å². The number of hydrogen-bond donors (Lipinski definition) is 2. The van der Waals surface area contributed by atoms with Crippen LogP contribution >= 0.6 is 0 Å². The lowest BCUT2D eigenvalue weighted by Gasteiger charge is -2.41. The van der Waals surface area contributed by atoms with Crippen molar-refractivity contribution in [1.29, 1.82) is 0 Å². The number of pyridine rings is 1. The zero-order chi connectivity index (χ0) is 25.2. The van der Waals surface area contributed by atoms with Crippen molar-refractivity contribution in [2.75, 3.05) is 44.3 Å². The number of rotatable bonds is 6. The Morgan fingerprint density at radius 2 is 1.70 bits per heavy atom. The number of fused-ring (bicyclic) bond motifs is 1. The highest BCUT2D eigenvalue weighted by Gasteiger charge is 2.30. The number of likely N-dealkylation sites (N-methyl/N-ethyl adjacent to an activating group) is 1. The first-order chi connectivity index (χ1) is 18.2. The smallest absolute Gasteiger partial charge is 0.164 e. The molecule has 2 fully saturated rings. The standard InChI is InChI=1S/C28H35N9/c1-35-13-15-36(16-14-35)23-8-10-24(11-9-23)37-28-25(27(29)32-19-33-28)26(34-37)21-4-6-22(7-5-21)31-18-20-3-2-12-30-17-20/h2-7,12,17,19,23-24,31H,8-11,13-16,18H2,1H3,(H2,29,32,33)/t23-,24+. The van der Waals surface area contributed by atoms with E-state index >= 15 is 0 Å². The molecule has 0 amide bonds. The molecule has 4 aromatic rings. The number of nitrogen functional groups attached to an aromatic ring is 1. The maximum absolute atomic E-state index is 6.38. The van der Waals surface area contributed by atoms with Crippen LogP contribution in [0.1, 0.15) is 37.3 Å². The topological polar surface area (TPSA) is 101 Å². The highest BCUT2D eigenvalue weighted by molar-refractivity contribution is 5.98. The van der Waals surface area contributed by atoms with Gasteiger partial charge in [0, 0.05) is 62.4 Å². The number of anilines is 2. The Morgan fingerprint density at radius 3 is 2.43 bits per heavy atom. The van der Waals surface area contributed by atoms with Gasteiger partial charge in [0.25, 0.3) is 0 Å². The third-order valence-corrected chi connectivity index (χ3v) is 7.96. The van der Waals surface area contributed by atoms with Crippen molar-refractivity contribution in [1.82, 2.24) is 34.5 Å². The number of nitrogens with zero attached hydrogens (tertiary/aromatic N) is 7. The molecule has 0 radical (unpaired) electrons. The minimum absolute atomic E-state index is 0.328. The Labute approximate surface area is 217 Å². The largest absolute Gasteiger partial charge is 0.383 e. The highest BCUT2D eigenvalue weighted by atomic mass is 15.3. The summed E-state index contributed by atoms with van der Waals surface area (Å²) in [6.07, 6.45) is 9.83. The fourth-order valence-electron chi connectivity index (χ4n) is 5.76. The average molecular weight is 498 g/mol. The Kier molecular flexibility index (Phi) is 6.72. The molecule has 1 aliphatic heterocycles. The minimum atomic E-state index is 0.328. The average Bonchev–Trinajstić information content (AvgIpc) is 3.34. The van der Waals surface area contributed by atoms with E-state index in [1.807, 2.05) is 12.3 Å². The van der Waals surface area contributed by atoms with Crippen LogP contribution in [0.25, 0.3) is 22.3 Å². The van der Waals surface area contributed by atoms with Crippen LogP contribution in [0.3, 0.4) is 0 Å². The van der Waals surface area contributed by atoms with E-state index in [4.69, 9.17) is 10.8 Å². The third-order valence-electron chi connectivity index (χ3n) is 7.96. The van der Waals surface area contributed by atoms with Gasteiger partial charge in [0.2, 0.25) is 0 Å². The fourth-order valence-corrected chi connectivity index (χ4v) is 5.76. The lowest BCUT2D eigenvalue weighted by molar-refractivity contribution is 0.0815. The van der Waals surface area contributed by atoms with Gasteiger partial charge in [-0.25, -0.2) is 14.6 Å². The van der Waals surface area contributed by atoms with E-state index in [0.717, 1.165) is 52.9 Å². The summed E-state index contributed by atoms with van der Waals surface area (Å²) in [5.74, 6) is 0.483. The van der Waals surface area contributed by atoms with E-state index in [0.29, 0.717) is 17.9 Å². The first-order valence-electron chi connectivity index (χ1n) is 13.3. The monoisotopic (exact) mass is 497 g/mol. The maximum Gasteiger partial charge on any atom is 0.164 e. The molecule has 0 spiro atoms. The predicted molar refractivity (Wildman–Crippen MR) is 147 cm³/mol. The Balaban J connectivity index is 1.20.